The van der Waals surface area contributed by atoms with Crippen molar-refractivity contribution in [2.75, 3.05) is 0 Å². The van der Waals surface area contributed by atoms with Gasteiger partial charge < -0.3 is 4.57 Å². The third kappa shape index (κ3) is 2.37. The fourth-order valence-electron chi connectivity index (χ4n) is 1.95. The van der Waals surface area contributed by atoms with E-state index in [1.165, 1.54) is 11.6 Å². The summed E-state index contributed by atoms with van der Waals surface area (Å²) in [5.74, 6) is -0.789. The molecule has 3 heterocycles. The van der Waals surface area contributed by atoms with Crippen LogP contribution in [0.1, 0.15) is 5.56 Å². The Morgan fingerprint density at radius 2 is 1.86 bits per heavy atom. The first kappa shape index (κ1) is 14.6. The highest BCUT2D eigenvalue weighted by Crippen LogP contribution is 2.31. The highest BCUT2D eigenvalue weighted by atomic mass is 35.5. The van der Waals surface area contributed by atoms with E-state index < -0.39 is 17.6 Å². The summed E-state index contributed by atoms with van der Waals surface area (Å²) in [6, 6.07) is 0.840. The molecule has 5 nitrogen and oxygen atoms in total. The van der Waals surface area contributed by atoms with Crippen LogP contribution < -0.4 is 0 Å². The first-order chi connectivity index (χ1) is 10.3. The van der Waals surface area contributed by atoms with Gasteiger partial charge in [0.05, 0.1) is 11.8 Å². The summed E-state index contributed by atoms with van der Waals surface area (Å²) in [7, 11) is 1.49. The number of imidazole rings is 1. The quantitative estimate of drug-likeness (QED) is 0.507. The molecule has 0 spiro atoms. The standard InChI is InChI=1S/C12H6ClF4N5/c1-22-9-7(2-5(3-18-9)12(15,16)17)20-10(22)8-6(14)4-19-11(13)21-8/h2-4H,1H3. The number of aryl methyl sites for hydroxylation is 1. The number of aromatic nitrogens is 5. The summed E-state index contributed by atoms with van der Waals surface area (Å²) in [5, 5.41) is -0.201. The van der Waals surface area contributed by atoms with Crippen LogP contribution in [-0.2, 0) is 13.2 Å². The number of pyridine rings is 1. The summed E-state index contributed by atoms with van der Waals surface area (Å²) in [5.41, 5.74) is -1.02. The Kier molecular flexibility index (Phi) is 3.24. The second-order valence-electron chi connectivity index (χ2n) is 4.39. The molecule has 0 fully saturated rings. The number of nitrogens with zero attached hydrogens (tertiary/aromatic N) is 5. The third-order valence-electron chi connectivity index (χ3n) is 2.96. The monoisotopic (exact) mass is 331 g/mol. The van der Waals surface area contributed by atoms with E-state index in [2.05, 4.69) is 19.9 Å². The molecule has 0 aliphatic carbocycles. The van der Waals surface area contributed by atoms with Crippen LogP contribution in [0.5, 0.6) is 0 Å². The molecule has 3 aromatic rings. The van der Waals surface area contributed by atoms with Crippen molar-refractivity contribution in [3.63, 3.8) is 0 Å². The van der Waals surface area contributed by atoms with Crippen molar-refractivity contribution in [1.29, 1.82) is 0 Å². The molecule has 22 heavy (non-hydrogen) atoms. The van der Waals surface area contributed by atoms with Crippen LogP contribution in [0, 0.1) is 5.82 Å². The Morgan fingerprint density at radius 3 is 2.55 bits per heavy atom. The molecule has 0 bridgehead atoms. The highest BCUT2D eigenvalue weighted by Gasteiger charge is 2.32. The van der Waals surface area contributed by atoms with Gasteiger partial charge in [-0.2, -0.15) is 13.2 Å². The van der Waals surface area contributed by atoms with Gasteiger partial charge in [-0.05, 0) is 17.7 Å². The molecule has 10 heteroatoms. The maximum absolute atomic E-state index is 13.8. The van der Waals surface area contributed by atoms with Gasteiger partial charge in [-0.15, -0.1) is 0 Å². The predicted molar refractivity (Wildman–Crippen MR) is 69.5 cm³/mol. The molecular formula is C12H6ClF4N5. The normalized spacial score (nSPS) is 12.1. The van der Waals surface area contributed by atoms with Gasteiger partial charge in [0, 0.05) is 13.2 Å². The minimum absolute atomic E-state index is 0.00336. The van der Waals surface area contributed by atoms with Gasteiger partial charge >= 0.3 is 6.18 Å². The van der Waals surface area contributed by atoms with Gasteiger partial charge in [0.2, 0.25) is 5.28 Å². The van der Waals surface area contributed by atoms with E-state index in [1.54, 1.807) is 0 Å². The number of rotatable bonds is 1. The first-order valence-electron chi connectivity index (χ1n) is 5.85. The Hall–Kier alpha value is -2.29. The average molecular weight is 332 g/mol. The van der Waals surface area contributed by atoms with Crippen molar-refractivity contribution in [2.45, 2.75) is 6.18 Å². The number of hydrogen-bond acceptors (Lipinski definition) is 4. The van der Waals surface area contributed by atoms with Gasteiger partial charge in [-0.25, -0.2) is 24.3 Å². The van der Waals surface area contributed by atoms with E-state index in [4.69, 9.17) is 11.6 Å². The number of alkyl halides is 3. The Balaban J connectivity index is 2.24. The zero-order chi connectivity index (χ0) is 16.1. The van der Waals surface area contributed by atoms with Gasteiger partial charge in [-0.3, -0.25) is 0 Å². The second kappa shape index (κ2) is 4.87. The van der Waals surface area contributed by atoms with E-state index in [-0.39, 0.29) is 28.0 Å². The maximum atomic E-state index is 13.8. The highest BCUT2D eigenvalue weighted by molar-refractivity contribution is 6.28. The Morgan fingerprint density at radius 1 is 1.14 bits per heavy atom. The lowest BCUT2D eigenvalue weighted by molar-refractivity contribution is -0.137. The van der Waals surface area contributed by atoms with E-state index in [0.29, 0.717) is 6.20 Å². The van der Waals surface area contributed by atoms with Crippen LogP contribution in [-0.4, -0.2) is 24.5 Å². The molecule has 0 N–H and O–H groups in total. The van der Waals surface area contributed by atoms with Crippen molar-refractivity contribution >= 4 is 22.8 Å². The minimum Gasteiger partial charge on any atom is -0.310 e. The largest absolute Gasteiger partial charge is 0.417 e. The van der Waals surface area contributed by atoms with E-state index in [1.807, 2.05) is 0 Å². The molecule has 0 aliphatic rings. The van der Waals surface area contributed by atoms with Crippen molar-refractivity contribution in [3.05, 3.63) is 35.1 Å². The molecular weight excluding hydrogens is 326 g/mol. The fourth-order valence-corrected chi connectivity index (χ4v) is 2.08. The van der Waals surface area contributed by atoms with E-state index in [0.717, 1.165) is 12.3 Å². The van der Waals surface area contributed by atoms with Gasteiger partial charge in [0.25, 0.3) is 0 Å². The SMILES string of the molecule is Cn1c(-c2nc(Cl)ncc2F)nc2cc(C(F)(F)F)cnc21. The lowest BCUT2D eigenvalue weighted by atomic mass is 10.2. The van der Waals surface area contributed by atoms with E-state index in [9.17, 15) is 17.6 Å². The lowest BCUT2D eigenvalue weighted by Crippen LogP contribution is -2.05. The zero-order valence-corrected chi connectivity index (χ0v) is 11.6. The molecule has 0 saturated heterocycles. The van der Waals surface area contributed by atoms with Crippen molar-refractivity contribution in [3.8, 4) is 11.5 Å². The summed E-state index contributed by atoms with van der Waals surface area (Å²) < 4.78 is 53.2. The van der Waals surface area contributed by atoms with E-state index >= 15 is 0 Å². The minimum atomic E-state index is -4.54. The van der Waals surface area contributed by atoms with Gasteiger partial charge in [0.15, 0.2) is 17.3 Å². The van der Waals surface area contributed by atoms with Gasteiger partial charge in [-0.1, -0.05) is 0 Å². The number of hydrogen-bond donors (Lipinski definition) is 0. The molecule has 0 aromatic carbocycles. The molecule has 0 saturated carbocycles. The molecule has 0 amide bonds. The third-order valence-corrected chi connectivity index (χ3v) is 3.14. The lowest BCUT2D eigenvalue weighted by Gasteiger charge is -2.05. The summed E-state index contributed by atoms with van der Waals surface area (Å²) in [4.78, 5) is 14.9. The Labute approximate surface area is 125 Å². The summed E-state index contributed by atoms with van der Waals surface area (Å²) in [6.07, 6.45) is -2.99. The van der Waals surface area contributed by atoms with Crippen LogP contribution >= 0.6 is 11.6 Å². The van der Waals surface area contributed by atoms with Crippen LogP contribution in [0.15, 0.2) is 18.5 Å². The molecule has 0 radical (unpaired) electrons. The van der Waals surface area contributed by atoms with Gasteiger partial charge in [0.1, 0.15) is 11.2 Å². The number of halogens is 5. The fraction of sp³-hybridized carbons (Fsp3) is 0.167. The van der Waals surface area contributed by atoms with Crippen molar-refractivity contribution < 1.29 is 17.6 Å². The maximum Gasteiger partial charge on any atom is 0.417 e. The smallest absolute Gasteiger partial charge is 0.310 e. The van der Waals surface area contributed by atoms with Crippen LogP contribution in [0.25, 0.3) is 22.7 Å². The second-order valence-corrected chi connectivity index (χ2v) is 4.73. The Bertz CT molecular complexity index is 874. The van der Waals surface area contributed by atoms with Crippen LogP contribution in [0.3, 0.4) is 0 Å². The average Bonchev–Trinajstić information content (AvgIpc) is 2.77. The summed E-state index contributed by atoms with van der Waals surface area (Å²) in [6.45, 7) is 0. The molecule has 3 aromatic heterocycles. The molecule has 114 valence electrons. The van der Waals surface area contributed by atoms with Crippen molar-refractivity contribution in [2.24, 2.45) is 7.05 Å². The van der Waals surface area contributed by atoms with Crippen LogP contribution in [0.4, 0.5) is 17.6 Å². The van der Waals surface area contributed by atoms with Crippen molar-refractivity contribution in [1.82, 2.24) is 24.5 Å². The predicted octanol–water partition coefficient (Wildman–Crippen LogP) is 3.24. The number of fused-ring (bicyclic) bond motifs is 1. The molecule has 3 rings (SSSR count). The molecule has 0 unspecified atom stereocenters. The zero-order valence-electron chi connectivity index (χ0n) is 10.9. The summed E-state index contributed by atoms with van der Waals surface area (Å²) >= 11 is 5.61. The molecule has 0 aliphatic heterocycles. The first-order valence-corrected chi connectivity index (χ1v) is 6.23. The van der Waals surface area contributed by atoms with Crippen LogP contribution in [0.2, 0.25) is 5.28 Å². The molecule has 0 atom stereocenters. The topological polar surface area (TPSA) is 56.5 Å².